The molecule has 1 aromatic rings. The summed E-state index contributed by atoms with van der Waals surface area (Å²) in [5.74, 6) is 0.00123. The summed E-state index contributed by atoms with van der Waals surface area (Å²) < 4.78 is 7.05. The van der Waals surface area contributed by atoms with E-state index in [0.717, 1.165) is 30.5 Å². The van der Waals surface area contributed by atoms with Gasteiger partial charge in [0.1, 0.15) is 11.6 Å². The number of ether oxygens (including phenoxy) is 1. The first-order valence-corrected chi connectivity index (χ1v) is 8.42. The van der Waals surface area contributed by atoms with Gasteiger partial charge in [0, 0.05) is 24.8 Å². The molecule has 1 aromatic heterocycles. The number of carbonyl (C=O) groups is 2. The molecular formula is C17H28N4O3. The van der Waals surface area contributed by atoms with E-state index in [9.17, 15) is 9.59 Å². The van der Waals surface area contributed by atoms with E-state index >= 15 is 0 Å². The van der Waals surface area contributed by atoms with E-state index in [2.05, 4.69) is 15.7 Å². The van der Waals surface area contributed by atoms with E-state index in [-0.39, 0.29) is 11.8 Å². The van der Waals surface area contributed by atoms with Crippen molar-refractivity contribution in [1.82, 2.24) is 20.4 Å². The lowest BCUT2D eigenvalue weighted by molar-refractivity contribution is -0.125. The summed E-state index contributed by atoms with van der Waals surface area (Å²) in [6, 6.07) is -0.550. The average Bonchev–Trinajstić information content (AvgIpc) is 2.71. The van der Waals surface area contributed by atoms with Gasteiger partial charge in [-0.15, -0.1) is 0 Å². The van der Waals surface area contributed by atoms with Gasteiger partial charge in [0.2, 0.25) is 5.91 Å². The van der Waals surface area contributed by atoms with Crippen molar-refractivity contribution in [3.63, 3.8) is 0 Å². The fraction of sp³-hybridized carbons (Fsp3) is 0.706. The first kappa shape index (κ1) is 18.3. The van der Waals surface area contributed by atoms with Gasteiger partial charge >= 0.3 is 6.09 Å². The van der Waals surface area contributed by atoms with Crippen LogP contribution < -0.4 is 10.6 Å². The van der Waals surface area contributed by atoms with Gasteiger partial charge in [-0.3, -0.25) is 9.48 Å². The Hall–Kier alpha value is -2.05. The van der Waals surface area contributed by atoms with Crippen LogP contribution in [0.3, 0.4) is 0 Å². The minimum atomic E-state index is -0.586. The van der Waals surface area contributed by atoms with E-state index < -0.39 is 17.7 Å². The highest BCUT2D eigenvalue weighted by atomic mass is 16.6. The molecule has 1 aliphatic carbocycles. The topological polar surface area (TPSA) is 85.2 Å². The molecule has 0 radical (unpaired) electrons. The predicted octanol–water partition coefficient (Wildman–Crippen LogP) is 2.04. The molecule has 1 unspecified atom stereocenters. The van der Waals surface area contributed by atoms with Gasteiger partial charge in [-0.05, 0) is 46.5 Å². The molecule has 0 bridgehead atoms. The lowest BCUT2D eigenvalue weighted by atomic mass is 9.79. The summed E-state index contributed by atoms with van der Waals surface area (Å²) in [5.41, 5.74) is 1.39. The molecule has 1 saturated carbocycles. The van der Waals surface area contributed by atoms with Crippen LogP contribution in [-0.2, 0) is 23.1 Å². The SMILES string of the molecule is Cc1c(CNC(=O)C(NC(=O)OC(C)(C)C)C2CCC2)cnn1C. The number of aryl methyl sites for hydroxylation is 1. The van der Waals surface area contributed by atoms with E-state index in [4.69, 9.17) is 4.74 Å². The fourth-order valence-electron chi connectivity index (χ4n) is 2.62. The molecule has 2 rings (SSSR count). The van der Waals surface area contributed by atoms with E-state index in [1.54, 1.807) is 31.6 Å². The summed E-state index contributed by atoms with van der Waals surface area (Å²) in [6.45, 7) is 7.76. The molecule has 1 atom stereocenters. The number of aromatic nitrogens is 2. The molecule has 2 amide bonds. The third-order valence-electron chi connectivity index (χ3n) is 4.37. The minimum Gasteiger partial charge on any atom is -0.444 e. The molecule has 1 fully saturated rings. The third-order valence-corrected chi connectivity index (χ3v) is 4.37. The first-order valence-electron chi connectivity index (χ1n) is 8.42. The van der Waals surface area contributed by atoms with Crippen LogP contribution in [-0.4, -0.2) is 33.4 Å². The fourth-order valence-corrected chi connectivity index (χ4v) is 2.62. The van der Waals surface area contributed by atoms with Gasteiger partial charge in [-0.2, -0.15) is 5.10 Å². The number of hydrogen-bond donors (Lipinski definition) is 2. The van der Waals surface area contributed by atoms with Crippen LogP contribution in [0.2, 0.25) is 0 Å². The van der Waals surface area contributed by atoms with E-state index in [1.165, 1.54) is 0 Å². The van der Waals surface area contributed by atoms with Crippen molar-refractivity contribution in [2.75, 3.05) is 0 Å². The molecule has 134 valence electrons. The number of nitrogens with zero attached hydrogens (tertiary/aromatic N) is 2. The Kier molecular flexibility index (Phi) is 5.51. The molecule has 1 aliphatic rings. The van der Waals surface area contributed by atoms with E-state index in [1.807, 2.05) is 14.0 Å². The van der Waals surface area contributed by atoms with Crippen LogP contribution in [0.25, 0.3) is 0 Å². The standard InChI is InChI=1S/C17H28N4O3/c1-11-13(10-19-21(11)5)9-18-15(22)14(12-7-6-8-12)20-16(23)24-17(2,3)4/h10,12,14H,6-9H2,1-5H3,(H,18,22)(H,20,23). The average molecular weight is 336 g/mol. The van der Waals surface area contributed by atoms with Gasteiger partial charge in [-0.1, -0.05) is 6.42 Å². The molecule has 0 spiro atoms. The van der Waals surface area contributed by atoms with Crippen molar-refractivity contribution < 1.29 is 14.3 Å². The van der Waals surface area contributed by atoms with Crippen molar-refractivity contribution >= 4 is 12.0 Å². The van der Waals surface area contributed by atoms with Crippen LogP contribution in [0, 0.1) is 12.8 Å². The van der Waals surface area contributed by atoms with Crippen LogP contribution in [0.15, 0.2) is 6.20 Å². The van der Waals surface area contributed by atoms with Gasteiger partial charge in [0.15, 0.2) is 0 Å². The maximum Gasteiger partial charge on any atom is 0.408 e. The molecular weight excluding hydrogens is 308 g/mol. The van der Waals surface area contributed by atoms with Crippen molar-refractivity contribution in [3.05, 3.63) is 17.5 Å². The summed E-state index contributed by atoms with van der Waals surface area (Å²) in [6.07, 6.45) is 4.17. The highest BCUT2D eigenvalue weighted by Gasteiger charge is 2.34. The Morgan fingerprint density at radius 2 is 2.08 bits per heavy atom. The van der Waals surface area contributed by atoms with Crippen molar-refractivity contribution in [2.24, 2.45) is 13.0 Å². The smallest absolute Gasteiger partial charge is 0.408 e. The van der Waals surface area contributed by atoms with Crippen LogP contribution >= 0.6 is 0 Å². The largest absolute Gasteiger partial charge is 0.444 e. The molecule has 7 heteroatoms. The Labute approximate surface area is 143 Å². The second-order valence-corrected chi connectivity index (χ2v) is 7.41. The summed E-state index contributed by atoms with van der Waals surface area (Å²) >= 11 is 0. The molecule has 0 aromatic carbocycles. The molecule has 0 aliphatic heterocycles. The number of nitrogens with one attached hydrogen (secondary N) is 2. The van der Waals surface area contributed by atoms with Gasteiger partial charge in [0.05, 0.1) is 6.20 Å². The lowest BCUT2D eigenvalue weighted by Crippen LogP contribution is -2.53. The monoisotopic (exact) mass is 336 g/mol. The zero-order chi connectivity index (χ0) is 17.9. The zero-order valence-electron chi connectivity index (χ0n) is 15.2. The number of rotatable bonds is 5. The van der Waals surface area contributed by atoms with E-state index in [0.29, 0.717) is 6.54 Å². The summed E-state index contributed by atoms with van der Waals surface area (Å²) in [4.78, 5) is 24.6. The molecule has 1 heterocycles. The third kappa shape index (κ3) is 4.72. The number of hydrogen-bond acceptors (Lipinski definition) is 4. The van der Waals surface area contributed by atoms with Crippen molar-refractivity contribution in [3.8, 4) is 0 Å². The Morgan fingerprint density at radius 1 is 1.42 bits per heavy atom. The number of alkyl carbamates (subject to hydrolysis) is 1. The maximum absolute atomic E-state index is 12.6. The summed E-state index contributed by atoms with van der Waals surface area (Å²) in [7, 11) is 1.86. The Morgan fingerprint density at radius 3 is 2.54 bits per heavy atom. The van der Waals surface area contributed by atoms with Crippen molar-refractivity contribution in [2.45, 2.75) is 65.1 Å². The van der Waals surface area contributed by atoms with Gasteiger partial charge in [-0.25, -0.2) is 4.79 Å². The highest BCUT2D eigenvalue weighted by molar-refractivity contribution is 5.86. The molecule has 0 saturated heterocycles. The number of amides is 2. The van der Waals surface area contributed by atoms with Crippen LogP contribution in [0.5, 0.6) is 0 Å². The molecule has 2 N–H and O–H groups in total. The van der Waals surface area contributed by atoms with Gasteiger partial charge in [0.25, 0.3) is 0 Å². The second-order valence-electron chi connectivity index (χ2n) is 7.41. The van der Waals surface area contributed by atoms with Crippen molar-refractivity contribution in [1.29, 1.82) is 0 Å². The molecule has 24 heavy (non-hydrogen) atoms. The normalized spacial score (nSPS) is 16.2. The molecule has 7 nitrogen and oxygen atoms in total. The predicted molar refractivity (Wildman–Crippen MR) is 90.3 cm³/mol. The minimum absolute atomic E-state index is 0.172. The zero-order valence-corrected chi connectivity index (χ0v) is 15.2. The number of carbonyl (C=O) groups excluding carboxylic acids is 2. The van der Waals surface area contributed by atoms with Gasteiger partial charge < -0.3 is 15.4 Å². The first-order chi connectivity index (χ1) is 11.2. The van der Waals surface area contributed by atoms with Crippen LogP contribution in [0.1, 0.15) is 51.3 Å². The Bertz CT molecular complexity index is 599. The lowest BCUT2D eigenvalue weighted by Gasteiger charge is -2.33. The maximum atomic E-state index is 12.6. The second kappa shape index (κ2) is 7.23. The highest BCUT2D eigenvalue weighted by Crippen LogP contribution is 2.30. The quantitative estimate of drug-likeness (QED) is 0.861. The Balaban J connectivity index is 1.95. The summed E-state index contributed by atoms with van der Waals surface area (Å²) in [5, 5.41) is 9.81. The van der Waals surface area contributed by atoms with Crippen LogP contribution in [0.4, 0.5) is 4.79 Å².